The summed E-state index contributed by atoms with van der Waals surface area (Å²) in [6.07, 6.45) is 7.01. The molecule has 0 saturated carbocycles. The molecule has 3 nitrogen and oxygen atoms in total. The molecule has 0 radical (unpaired) electrons. The van der Waals surface area contributed by atoms with Crippen LogP contribution in [0.5, 0.6) is 0 Å². The third-order valence-corrected chi connectivity index (χ3v) is 1.64. The van der Waals surface area contributed by atoms with Crippen molar-refractivity contribution >= 4 is 5.84 Å². The van der Waals surface area contributed by atoms with E-state index in [1.165, 1.54) is 0 Å². The summed E-state index contributed by atoms with van der Waals surface area (Å²) < 4.78 is 0. The van der Waals surface area contributed by atoms with E-state index >= 15 is 0 Å². The Morgan fingerprint density at radius 3 is 2.62 bits per heavy atom. The third-order valence-electron chi connectivity index (χ3n) is 1.64. The number of nitrogens with two attached hydrogens (primary N) is 1. The molecule has 0 aliphatic carbocycles. The van der Waals surface area contributed by atoms with Gasteiger partial charge < -0.3 is 10.6 Å². The van der Waals surface area contributed by atoms with Crippen molar-refractivity contribution in [3.63, 3.8) is 0 Å². The number of hydrogen-bond acceptors (Lipinski definition) is 2. The Hall–Kier alpha value is -1.35. The van der Waals surface area contributed by atoms with Crippen LogP contribution >= 0.6 is 0 Å². The van der Waals surface area contributed by atoms with Gasteiger partial charge in [-0.25, -0.2) is 0 Å². The number of nitrogens with one attached hydrogen (secondary N) is 1. The van der Waals surface area contributed by atoms with Gasteiger partial charge in [0.15, 0.2) is 0 Å². The van der Waals surface area contributed by atoms with E-state index in [-0.39, 0.29) is 0 Å². The molecule has 0 bridgehead atoms. The Kier molecular flexibility index (Phi) is 5.55. The highest BCUT2D eigenvalue weighted by Gasteiger charge is 2.03. The number of hydrogen-bond donors (Lipinski definition) is 2. The SMILES string of the molecule is C=C/C=C(\CN)N(C)C(=N)/C=C\C. The van der Waals surface area contributed by atoms with Crippen molar-refractivity contribution in [1.29, 1.82) is 5.41 Å². The zero-order valence-electron chi connectivity index (χ0n) is 8.25. The van der Waals surface area contributed by atoms with Crippen molar-refractivity contribution < 1.29 is 0 Å². The Morgan fingerprint density at radius 1 is 1.62 bits per heavy atom. The summed E-state index contributed by atoms with van der Waals surface area (Å²) in [5, 5.41) is 7.62. The zero-order chi connectivity index (χ0) is 10.3. The van der Waals surface area contributed by atoms with Gasteiger partial charge >= 0.3 is 0 Å². The molecular weight excluding hydrogens is 162 g/mol. The van der Waals surface area contributed by atoms with E-state index in [1.54, 1.807) is 23.1 Å². The van der Waals surface area contributed by atoms with E-state index < -0.39 is 0 Å². The lowest BCUT2D eigenvalue weighted by atomic mass is 10.3. The highest BCUT2D eigenvalue weighted by atomic mass is 15.2. The van der Waals surface area contributed by atoms with Gasteiger partial charge in [0.25, 0.3) is 0 Å². The number of likely N-dealkylation sites (N-methyl/N-ethyl adjacent to an activating group) is 1. The summed E-state index contributed by atoms with van der Waals surface area (Å²) in [5.74, 6) is 0.418. The molecule has 0 fully saturated rings. The van der Waals surface area contributed by atoms with E-state index in [0.29, 0.717) is 12.4 Å². The van der Waals surface area contributed by atoms with Crippen LogP contribution < -0.4 is 5.73 Å². The predicted molar refractivity (Wildman–Crippen MR) is 57.6 cm³/mol. The van der Waals surface area contributed by atoms with Crippen LogP contribution in [0.1, 0.15) is 6.92 Å². The van der Waals surface area contributed by atoms with Gasteiger partial charge in [0.2, 0.25) is 0 Å². The van der Waals surface area contributed by atoms with E-state index in [1.807, 2.05) is 20.0 Å². The quantitative estimate of drug-likeness (QED) is 0.390. The van der Waals surface area contributed by atoms with Crippen molar-refractivity contribution in [1.82, 2.24) is 4.90 Å². The largest absolute Gasteiger partial charge is 0.332 e. The second-order valence-corrected chi connectivity index (χ2v) is 2.54. The standard InChI is InChI=1S/C10H17N3/c1-4-6-9(8-11)13(3)10(12)7-5-2/h4-7,12H,1,8,11H2,2-3H3/b7-5-,9-6+,12-10?. The Balaban J connectivity index is 4.54. The van der Waals surface area contributed by atoms with Crippen molar-refractivity contribution in [2.75, 3.05) is 13.6 Å². The Bertz CT molecular complexity index is 239. The van der Waals surface area contributed by atoms with Crippen LogP contribution in [-0.4, -0.2) is 24.3 Å². The second kappa shape index (κ2) is 6.20. The molecule has 3 heteroatoms. The molecule has 0 rings (SSSR count). The number of nitrogens with zero attached hydrogens (tertiary/aromatic N) is 1. The predicted octanol–water partition coefficient (Wildman–Crippen LogP) is 1.50. The molecule has 0 saturated heterocycles. The first kappa shape index (κ1) is 11.6. The number of rotatable bonds is 4. The van der Waals surface area contributed by atoms with E-state index in [4.69, 9.17) is 11.1 Å². The highest BCUT2D eigenvalue weighted by molar-refractivity contribution is 5.91. The lowest BCUT2D eigenvalue weighted by molar-refractivity contribution is 0.609. The fourth-order valence-corrected chi connectivity index (χ4v) is 0.877. The van der Waals surface area contributed by atoms with Crippen molar-refractivity contribution in [3.05, 3.63) is 36.6 Å². The fourth-order valence-electron chi connectivity index (χ4n) is 0.877. The minimum atomic E-state index is 0.405. The molecular formula is C10H17N3. The maximum atomic E-state index is 7.62. The molecule has 3 N–H and O–H groups in total. The topological polar surface area (TPSA) is 53.1 Å². The minimum absolute atomic E-state index is 0.405. The summed E-state index contributed by atoms with van der Waals surface area (Å²) in [7, 11) is 1.81. The van der Waals surface area contributed by atoms with E-state index in [9.17, 15) is 0 Å². The minimum Gasteiger partial charge on any atom is -0.332 e. The van der Waals surface area contributed by atoms with Crippen LogP contribution in [0.4, 0.5) is 0 Å². The molecule has 0 heterocycles. The lowest BCUT2D eigenvalue weighted by Crippen LogP contribution is -2.27. The summed E-state index contributed by atoms with van der Waals surface area (Å²) in [6.45, 7) is 5.87. The molecule has 0 aromatic rings. The number of allylic oxidation sites excluding steroid dienone is 3. The van der Waals surface area contributed by atoms with Crippen LogP contribution in [-0.2, 0) is 0 Å². The van der Waals surface area contributed by atoms with Gasteiger partial charge in [-0.15, -0.1) is 0 Å². The Labute approximate surface area is 79.7 Å². The Morgan fingerprint density at radius 2 is 2.23 bits per heavy atom. The fraction of sp³-hybridized carbons (Fsp3) is 0.300. The average molecular weight is 179 g/mol. The van der Waals surface area contributed by atoms with Crippen molar-refractivity contribution in [3.8, 4) is 0 Å². The van der Waals surface area contributed by atoms with Gasteiger partial charge in [0.1, 0.15) is 5.84 Å². The summed E-state index contributed by atoms with van der Waals surface area (Å²) in [6, 6.07) is 0. The summed E-state index contributed by atoms with van der Waals surface area (Å²) >= 11 is 0. The van der Waals surface area contributed by atoms with Crippen molar-refractivity contribution in [2.24, 2.45) is 5.73 Å². The monoisotopic (exact) mass is 179 g/mol. The van der Waals surface area contributed by atoms with Crippen LogP contribution in [0.3, 0.4) is 0 Å². The molecule has 0 aromatic heterocycles. The van der Waals surface area contributed by atoms with Crippen LogP contribution in [0.25, 0.3) is 0 Å². The second-order valence-electron chi connectivity index (χ2n) is 2.54. The van der Waals surface area contributed by atoms with Gasteiger partial charge in [-0.3, -0.25) is 5.41 Å². The zero-order valence-corrected chi connectivity index (χ0v) is 8.25. The smallest absolute Gasteiger partial charge is 0.124 e. The first-order chi connectivity index (χ1) is 6.17. The van der Waals surface area contributed by atoms with E-state index in [2.05, 4.69) is 6.58 Å². The van der Waals surface area contributed by atoms with Gasteiger partial charge in [-0.2, -0.15) is 0 Å². The summed E-state index contributed by atoms with van der Waals surface area (Å²) in [4.78, 5) is 1.72. The van der Waals surface area contributed by atoms with Crippen LogP contribution in [0.15, 0.2) is 36.6 Å². The molecule has 0 unspecified atom stereocenters. The molecule has 72 valence electrons. The number of amidine groups is 1. The van der Waals surface area contributed by atoms with Crippen molar-refractivity contribution in [2.45, 2.75) is 6.92 Å². The molecule has 0 spiro atoms. The molecule has 0 aliphatic rings. The van der Waals surface area contributed by atoms with Gasteiger partial charge in [0, 0.05) is 19.3 Å². The van der Waals surface area contributed by atoms with Crippen LogP contribution in [0, 0.1) is 5.41 Å². The molecule has 13 heavy (non-hydrogen) atoms. The van der Waals surface area contributed by atoms with Gasteiger partial charge in [-0.1, -0.05) is 18.7 Å². The normalized spacial score (nSPS) is 11.8. The molecule has 0 aromatic carbocycles. The van der Waals surface area contributed by atoms with Crippen LogP contribution in [0.2, 0.25) is 0 Å². The lowest BCUT2D eigenvalue weighted by Gasteiger charge is -2.19. The first-order valence-electron chi connectivity index (χ1n) is 4.14. The third kappa shape index (κ3) is 3.71. The van der Waals surface area contributed by atoms with Gasteiger partial charge in [-0.05, 0) is 19.1 Å². The van der Waals surface area contributed by atoms with E-state index in [0.717, 1.165) is 5.70 Å². The average Bonchev–Trinajstić information content (AvgIpc) is 2.13. The highest BCUT2D eigenvalue weighted by Crippen LogP contribution is 2.01. The summed E-state index contributed by atoms with van der Waals surface area (Å²) in [5.41, 5.74) is 6.39. The molecule has 0 amide bonds. The molecule has 0 atom stereocenters. The molecule has 0 aliphatic heterocycles. The van der Waals surface area contributed by atoms with Gasteiger partial charge in [0.05, 0.1) is 0 Å². The first-order valence-corrected chi connectivity index (χ1v) is 4.14. The maximum Gasteiger partial charge on any atom is 0.124 e. The maximum absolute atomic E-state index is 7.62.